The van der Waals surface area contributed by atoms with E-state index in [0.717, 1.165) is 30.9 Å². The number of hydrogen-bond donors (Lipinski definition) is 1. The van der Waals surface area contributed by atoms with E-state index in [4.69, 9.17) is 0 Å². The molecule has 0 aromatic carbocycles. The van der Waals surface area contributed by atoms with E-state index in [1.54, 1.807) is 0 Å². The average molecular weight is 367 g/mol. The molecule has 1 N–H and O–H groups in total. The lowest BCUT2D eigenvalue weighted by molar-refractivity contribution is -0.170. The van der Waals surface area contributed by atoms with Crippen LogP contribution < -0.4 is 0 Å². The molecule has 2 heterocycles. The Hall–Kier alpha value is -1.36. The number of likely N-dealkylation sites (tertiary alicyclic amines) is 1. The molecule has 5 nitrogen and oxygen atoms in total. The topological polar surface area (TPSA) is 60.9 Å². The van der Waals surface area contributed by atoms with E-state index in [9.17, 15) is 14.8 Å². The molecule has 2 unspecified atom stereocenters. The fraction of sp³-hybridized carbons (Fsp3) is 0.810. The summed E-state index contributed by atoms with van der Waals surface area (Å²) in [5.74, 6) is 0.277. The molecule has 0 spiro atoms. The Kier molecular flexibility index (Phi) is 7.87. The zero-order chi connectivity index (χ0) is 20.1. The normalized spacial score (nSPS) is 25.4. The van der Waals surface area contributed by atoms with Gasteiger partial charge in [0.1, 0.15) is 0 Å². The molecule has 1 fully saturated rings. The van der Waals surface area contributed by atoms with Crippen LogP contribution in [0.2, 0.25) is 0 Å². The predicted octanol–water partition coefficient (Wildman–Crippen LogP) is 4.12. The zero-order valence-corrected chi connectivity index (χ0v) is 17.7. The summed E-state index contributed by atoms with van der Waals surface area (Å²) in [5, 5.41) is 10.1. The van der Waals surface area contributed by atoms with Gasteiger partial charge in [-0.2, -0.15) is 0 Å². The minimum absolute atomic E-state index is 0.0905. The number of allylic oxidation sites excluding steroid dienone is 1. The Morgan fingerprint density at radius 1 is 0.923 bits per heavy atom. The van der Waals surface area contributed by atoms with Crippen molar-refractivity contribution < 1.29 is 14.8 Å². The van der Waals surface area contributed by atoms with Crippen molar-refractivity contribution in [3.63, 3.8) is 0 Å². The van der Waals surface area contributed by atoms with Gasteiger partial charge in [0, 0.05) is 25.4 Å². The van der Waals surface area contributed by atoms with Crippen LogP contribution in [0.25, 0.3) is 0 Å². The number of carbonyl (C=O) groups is 2. The van der Waals surface area contributed by atoms with E-state index in [1.165, 1.54) is 6.42 Å². The highest BCUT2D eigenvalue weighted by Crippen LogP contribution is 2.33. The summed E-state index contributed by atoms with van der Waals surface area (Å²) in [4.78, 5) is 25.4. The zero-order valence-electron chi connectivity index (χ0n) is 17.7. The molecule has 0 bridgehead atoms. The first kappa shape index (κ1) is 22.7. The summed E-state index contributed by atoms with van der Waals surface area (Å²) in [6.07, 6.45) is 7.92. The van der Waals surface area contributed by atoms with Crippen molar-refractivity contribution in [2.75, 3.05) is 20.1 Å². The molecule has 2 aliphatic rings. The highest BCUT2D eigenvalue weighted by Gasteiger charge is 2.34. The predicted molar refractivity (Wildman–Crippen MR) is 105 cm³/mol. The van der Waals surface area contributed by atoms with Crippen LogP contribution >= 0.6 is 0 Å². The second kappa shape index (κ2) is 9.03. The van der Waals surface area contributed by atoms with E-state index < -0.39 is 0 Å². The van der Waals surface area contributed by atoms with Gasteiger partial charge in [0.15, 0.2) is 0 Å². The lowest BCUT2D eigenvalue weighted by atomic mass is 9.77. The monoisotopic (exact) mass is 366 g/mol. The van der Waals surface area contributed by atoms with Crippen LogP contribution in [-0.4, -0.2) is 47.1 Å². The molecule has 0 saturated carbocycles. The first-order valence-electron chi connectivity index (χ1n) is 9.76. The maximum atomic E-state index is 11.9. The van der Waals surface area contributed by atoms with Crippen molar-refractivity contribution >= 4 is 11.8 Å². The Bertz CT molecular complexity index is 512. The molecular formula is C21H38N2O3. The van der Waals surface area contributed by atoms with Crippen LogP contribution in [0, 0.1) is 22.7 Å². The third-order valence-electron chi connectivity index (χ3n) is 5.37. The number of hydroxylamine groups is 2. The summed E-state index contributed by atoms with van der Waals surface area (Å²) in [6, 6.07) is 0. The van der Waals surface area contributed by atoms with Crippen LogP contribution in [0.3, 0.4) is 0 Å². The lowest BCUT2D eigenvalue weighted by Gasteiger charge is -2.30. The quantitative estimate of drug-likeness (QED) is 0.518. The largest absolute Gasteiger partial charge is 0.346 e. The number of nitrogens with zero attached hydrogens (tertiary/aromatic N) is 2. The van der Waals surface area contributed by atoms with Gasteiger partial charge in [0.25, 0.3) is 0 Å². The van der Waals surface area contributed by atoms with Crippen LogP contribution in [0.4, 0.5) is 0 Å². The van der Waals surface area contributed by atoms with E-state index in [0.29, 0.717) is 12.5 Å². The molecule has 26 heavy (non-hydrogen) atoms. The van der Waals surface area contributed by atoms with Crippen LogP contribution in [-0.2, 0) is 9.59 Å². The molecule has 0 aromatic rings. The fourth-order valence-corrected chi connectivity index (χ4v) is 3.50. The Morgan fingerprint density at radius 3 is 2.04 bits per heavy atom. The SMILES string of the molecule is CC(C)(C)C1CC=CCN(O)C1=O.CN1CCCCC(C(C)(C)C)C1=O. The smallest absolute Gasteiger partial charge is 0.250 e. The number of carbonyl (C=O) groups excluding carboxylic acids is 2. The molecule has 2 atom stereocenters. The molecule has 150 valence electrons. The van der Waals surface area contributed by atoms with Gasteiger partial charge >= 0.3 is 0 Å². The minimum Gasteiger partial charge on any atom is -0.346 e. The molecule has 0 aliphatic carbocycles. The van der Waals surface area contributed by atoms with Gasteiger partial charge in [-0.3, -0.25) is 14.8 Å². The maximum absolute atomic E-state index is 11.9. The molecular weight excluding hydrogens is 328 g/mol. The van der Waals surface area contributed by atoms with Crippen molar-refractivity contribution in [2.24, 2.45) is 22.7 Å². The highest BCUT2D eigenvalue weighted by molar-refractivity contribution is 5.79. The molecule has 2 amide bonds. The molecule has 0 radical (unpaired) electrons. The fourth-order valence-electron chi connectivity index (χ4n) is 3.50. The van der Waals surface area contributed by atoms with Crippen molar-refractivity contribution in [2.45, 2.75) is 67.2 Å². The minimum atomic E-state index is -0.169. The molecule has 2 aliphatic heterocycles. The van der Waals surface area contributed by atoms with Crippen molar-refractivity contribution in [1.29, 1.82) is 0 Å². The lowest BCUT2D eigenvalue weighted by Crippen LogP contribution is -2.38. The number of amides is 2. The van der Waals surface area contributed by atoms with Crippen LogP contribution in [0.1, 0.15) is 67.2 Å². The maximum Gasteiger partial charge on any atom is 0.250 e. The third kappa shape index (κ3) is 6.42. The van der Waals surface area contributed by atoms with Crippen molar-refractivity contribution in [3.8, 4) is 0 Å². The number of hydrogen-bond acceptors (Lipinski definition) is 3. The summed E-state index contributed by atoms with van der Waals surface area (Å²) >= 11 is 0. The Balaban J connectivity index is 0.000000260. The average Bonchev–Trinajstić information content (AvgIpc) is 2.77. The van der Waals surface area contributed by atoms with Gasteiger partial charge in [0.05, 0.1) is 6.54 Å². The number of rotatable bonds is 0. The van der Waals surface area contributed by atoms with E-state index in [-0.39, 0.29) is 28.6 Å². The van der Waals surface area contributed by atoms with Crippen molar-refractivity contribution in [3.05, 3.63) is 12.2 Å². The molecule has 0 aromatic heterocycles. The van der Waals surface area contributed by atoms with E-state index in [2.05, 4.69) is 20.8 Å². The van der Waals surface area contributed by atoms with Gasteiger partial charge in [-0.1, -0.05) is 60.1 Å². The summed E-state index contributed by atoms with van der Waals surface area (Å²) in [5.41, 5.74) is 0.0302. The van der Waals surface area contributed by atoms with Gasteiger partial charge in [-0.25, -0.2) is 5.06 Å². The van der Waals surface area contributed by atoms with Gasteiger partial charge < -0.3 is 4.90 Å². The van der Waals surface area contributed by atoms with Crippen LogP contribution in [0.5, 0.6) is 0 Å². The van der Waals surface area contributed by atoms with Gasteiger partial charge in [-0.15, -0.1) is 0 Å². The van der Waals surface area contributed by atoms with E-state index in [1.807, 2.05) is 44.9 Å². The van der Waals surface area contributed by atoms with Crippen molar-refractivity contribution in [1.82, 2.24) is 9.96 Å². The second-order valence-electron chi connectivity index (χ2n) is 9.72. The molecule has 1 saturated heterocycles. The highest BCUT2D eigenvalue weighted by atomic mass is 16.5. The first-order valence-corrected chi connectivity index (χ1v) is 9.76. The third-order valence-corrected chi connectivity index (χ3v) is 5.37. The van der Waals surface area contributed by atoms with Gasteiger partial charge in [0.2, 0.25) is 11.8 Å². The Morgan fingerprint density at radius 2 is 1.50 bits per heavy atom. The first-order chi connectivity index (χ1) is 11.9. The summed E-state index contributed by atoms with van der Waals surface area (Å²) in [6.45, 7) is 13.8. The van der Waals surface area contributed by atoms with Crippen LogP contribution in [0.15, 0.2) is 12.2 Å². The summed E-state index contributed by atoms with van der Waals surface area (Å²) in [7, 11) is 1.92. The standard InChI is InChI=1S/C11H21NO.C10H17NO2/c1-11(2,3)9-7-5-6-8-12(4)10(9)13;1-10(2,3)8-6-4-5-7-11(13)9(8)12/h9H,5-8H2,1-4H3;4-5,8,13H,6-7H2,1-3H3. The summed E-state index contributed by atoms with van der Waals surface area (Å²) < 4.78 is 0. The Labute approximate surface area is 159 Å². The second-order valence-corrected chi connectivity index (χ2v) is 9.72. The molecule has 2 rings (SSSR count). The van der Waals surface area contributed by atoms with E-state index >= 15 is 0 Å². The van der Waals surface area contributed by atoms with Gasteiger partial charge in [-0.05, 0) is 30.1 Å². The molecule has 5 heteroatoms.